The van der Waals surface area contributed by atoms with Crippen LogP contribution < -0.4 is 5.73 Å². The number of primary amides is 1. The first-order valence-electron chi connectivity index (χ1n) is 9.00. The quantitative estimate of drug-likeness (QED) is 0.892. The second-order valence-electron chi connectivity index (χ2n) is 7.00. The van der Waals surface area contributed by atoms with Crippen LogP contribution in [0.1, 0.15) is 37.2 Å². The monoisotopic (exact) mass is 329 g/mol. The van der Waals surface area contributed by atoms with E-state index in [0.717, 1.165) is 44.6 Å². The fraction of sp³-hybridized carbons (Fsp3) is 0.579. The molecule has 0 bridgehead atoms. The maximum Gasteiger partial charge on any atom is 0.231 e. The molecular weight excluding hydrogens is 302 g/mol. The highest BCUT2D eigenvalue weighted by Gasteiger charge is 2.33. The number of nitrogens with zero attached hydrogens (tertiary/aromatic N) is 2. The molecular formula is C19H27N3O2. The van der Waals surface area contributed by atoms with Crippen LogP contribution in [0.3, 0.4) is 0 Å². The first-order valence-corrected chi connectivity index (χ1v) is 9.00. The lowest BCUT2D eigenvalue weighted by Gasteiger charge is -2.35. The number of nitrogens with two attached hydrogens (primary N) is 1. The van der Waals surface area contributed by atoms with Gasteiger partial charge in [-0.15, -0.1) is 0 Å². The molecule has 1 aromatic rings. The number of hydrogen-bond donors (Lipinski definition) is 1. The fourth-order valence-electron chi connectivity index (χ4n) is 3.86. The summed E-state index contributed by atoms with van der Waals surface area (Å²) in [5, 5.41) is 0. The van der Waals surface area contributed by atoms with Crippen LogP contribution in [-0.2, 0) is 9.59 Å². The van der Waals surface area contributed by atoms with Gasteiger partial charge in [0.05, 0.1) is 11.8 Å². The van der Waals surface area contributed by atoms with E-state index in [1.807, 2.05) is 35.2 Å². The molecule has 24 heavy (non-hydrogen) atoms. The lowest BCUT2D eigenvalue weighted by Crippen LogP contribution is -2.47. The van der Waals surface area contributed by atoms with Crippen LogP contribution in [-0.4, -0.2) is 54.3 Å². The average molecular weight is 329 g/mol. The maximum absolute atomic E-state index is 13.2. The SMILES string of the molecule is NC(=O)[C@H]1CCCN(C(=O)[C@@H](CN2CCCC2)c2ccccc2)C1. The second kappa shape index (κ2) is 7.79. The molecule has 2 saturated heterocycles. The van der Waals surface area contributed by atoms with Crippen molar-refractivity contribution in [3.63, 3.8) is 0 Å². The number of amides is 2. The van der Waals surface area contributed by atoms with Gasteiger partial charge in [0.1, 0.15) is 0 Å². The van der Waals surface area contributed by atoms with Gasteiger partial charge in [-0.2, -0.15) is 0 Å². The summed E-state index contributed by atoms with van der Waals surface area (Å²) in [7, 11) is 0. The highest BCUT2D eigenvalue weighted by molar-refractivity contribution is 5.85. The summed E-state index contributed by atoms with van der Waals surface area (Å²) in [6, 6.07) is 10.0. The Balaban J connectivity index is 1.76. The minimum atomic E-state index is -0.289. The van der Waals surface area contributed by atoms with Crippen molar-refractivity contribution in [3.8, 4) is 0 Å². The van der Waals surface area contributed by atoms with E-state index in [9.17, 15) is 9.59 Å². The van der Waals surface area contributed by atoms with Crippen molar-refractivity contribution in [2.24, 2.45) is 11.7 Å². The van der Waals surface area contributed by atoms with Crippen molar-refractivity contribution >= 4 is 11.8 Å². The summed E-state index contributed by atoms with van der Waals surface area (Å²) in [6.07, 6.45) is 4.07. The van der Waals surface area contributed by atoms with Crippen molar-refractivity contribution in [2.45, 2.75) is 31.6 Å². The molecule has 130 valence electrons. The second-order valence-corrected chi connectivity index (χ2v) is 7.00. The molecule has 1 aromatic carbocycles. The van der Waals surface area contributed by atoms with E-state index >= 15 is 0 Å². The van der Waals surface area contributed by atoms with Crippen molar-refractivity contribution in [2.75, 3.05) is 32.7 Å². The highest BCUT2D eigenvalue weighted by atomic mass is 16.2. The molecule has 2 aliphatic rings. The summed E-state index contributed by atoms with van der Waals surface area (Å²) >= 11 is 0. The molecule has 0 aliphatic carbocycles. The lowest BCUT2D eigenvalue weighted by molar-refractivity contribution is -0.136. The summed E-state index contributed by atoms with van der Waals surface area (Å²) in [5.41, 5.74) is 6.53. The number of hydrogen-bond acceptors (Lipinski definition) is 3. The predicted molar refractivity (Wildman–Crippen MR) is 93.4 cm³/mol. The van der Waals surface area contributed by atoms with E-state index in [1.54, 1.807) is 0 Å². The van der Waals surface area contributed by atoms with Gasteiger partial charge in [-0.05, 0) is 44.3 Å². The Morgan fingerprint density at radius 3 is 2.46 bits per heavy atom. The van der Waals surface area contributed by atoms with Crippen LogP contribution in [0.5, 0.6) is 0 Å². The lowest BCUT2D eigenvalue weighted by atomic mass is 9.93. The van der Waals surface area contributed by atoms with Gasteiger partial charge in [0.15, 0.2) is 0 Å². The van der Waals surface area contributed by atoms with Gasteiger partial charge in [0.2, 0.25) is 11.8 Å². The molecule has 5 heteroatoms. The van der Waals surface area contributed by atoms with Gasteiger partial charge >= 0.3 is 0 Å². The molecule has 0 spiro atoms. The van der Waals surface area contributed by atoms with Crippen molar-refractivity contribution in [1.29, 1.82) is 0 Å². The van der Waals surface area contributed by atoms with E-state index in [1.165, 1.54) is 12.8 Å². The molecule has 0 unspecified atom stereocenters. The molecule has 0 radical (unpaired) electrons. The Morgan fingerprint density at radius 2 is 1.79 bits per heavy atom. The molecule has 3 rings (SSSR count). The fourth-order valence-corrected chi connectivity index (χ4v) is 3.86. The molecule has 5 nitrogen and oxygen atoms in total. The molecule has 2 atom stereocenters. The topological polar surface area (TPSA) is 66.6 Å². The third-order valence-electron chi connectivity index (χ3n) is 5.27. The van der Waals surface area contributed by atoms with Gasteiger partial charge in [-0.3, -0.25) is 9.59 Å². The summed E-state index contributed by atoms with van der Waals surface area (Å²) in [4.78, 5) is 29.0. The minimum absolute atomic E-state index is 0.138. The highest BCUT2D eigenvalue weighted by Crippen LogP contribution is 2.25. The van der Waals surface area contributed by atoms with Crippen molar-refractivity contribution in [3.05, 3.63) is 35.9 Å². The number of benzene rings is 1. The van der Waals surface area contributed by atoms with Crippen molar-refractivity contribution < 1.29 is 9.59 Å². The largest absolute Gasteiger partial charge is 0.369 e. The number of carbonyl (C=O) groups is 2. The van der Waals surface area contributed by atoms with Gasteiger partial charge < -0.3 is 15.5 Å². The Bertz CT molecular complexity index is 569. The third-order valence-corrected chi connectivity index (χ3v) is 5.27. The van der Waals surface area contributed by atoms with Gasteiger partial charge in [0, 0.05) is 19.6 Å². The van der Waals surface area contributed by atoms with E-state index in [4.69, 9.17) is 5.73 Å². The number of carbonyl (C=O) groups excluding carboxylic acids is 2. The number of rotatable bonds is 5. The summed E-state index contributed by atoms with van der Waals surface area (Å²) in [5.74, 6) is -0.510. The minimum Gasteiger partial charge on any atom is -0.369 e. The molecule has 2 N–H and O–H groups in total. The zero-order valence-electron chi connectivity index (χ0n) is 14.2. The Hall–Kier alpha value is -1.88. The van der Waals surface area contributed by atoms with E-state index in [-0.39, 0.29) is 23.7 Å². The maximum atomic E-state index is 13.2. The third kappa shape index (κ3) is 3.96. The van der Waals surface area contributed by atoms with E-state index in [0.29, 0.717) is 6.54 Å². The van der Waals surface area contributed by atoms with Gasteiger partial charge in [0.25, 0.3) is 0 Å². The molecule has 2 heterocycles. The normalized spacial score (nSPS) is 23.2. The van der Waals surface area contributed by atoms with E-state index < -0.39 is 0 Å². The summed E-state index contributed by atoms with van der Waals surface area (Å²) < 4.78 is 0. The van der Waals surface area contributed by atoms with Crippen LogP contribution in [0.15, 0.2) is 30.3 Å². The zero-order valence-corrected chi connectivity index (χ0v) is 14.2. The molecule has 2 fully saturated rings. The first-order chi connectivity index (χ1) is 11.6. The standard InChI is InChI=1S/C19H27N3O2/c20-18(23)16-9-6-12-22(13-16)19(24)17(14-21-10-4-5-11-21)15-7-2-1-3-8-15/h1-3,7-8,16-17H,4-6,9-14H2,(H2,20,23)/t16-,17-/m0/s1. The molecule has 2 amide bonds. The van der Waals surface area contributed by atoms with Crippen LogP contribution >= 0.6 is 0 Å². The van der Waals surface area contributed by atoms with Gasteiger partial charge in [-0.25, -0.2) is 0 Å². The zero-order chi connectivity index (χ0) is 16.9. The predicted octanol–water partition coefficient (Wildman–Crippen LogP) is 1.59. The van der Waals surface area contributed by atoms with Crippen LogP contribution in [0, 0.1) is 5.92 Å². The first kappa shape index (κ1) is 17.0. The van der Waals surface area contributed by atoms with Gasteiger partial charge in [-0.1, -0.05) is 30.3 Å². The Labute approximate surface area is 143 Å². The molecule has 0 aromatic heterocycles. The average Bonchev–Trinajstić information content (AvgIpc) is 3.13. The molecule has 2 aliphatic heterocycles. The Kier molecular flexibility index (Phi) is 5.51. The van der Waals surface area contributed by atoms with Crippen molar-refractivity contribution in [1.82, 2.24) is 9.80 Å². The smallest absolute Gasteiger partial charge is 0.231 e. The summed E-state index contributed by atoms with van der Waals surface area (Å²) in [6.45, 7) is 4.10. The Morgan fingerprint density at radius 1 is 1.08 bits per heavy atom. The van der Waals surface area contributed by atoms with Crippen LogP contribution in [0.2, 0.25) is 0 Å². The van der Waals surface area contributed by atoms with Crippen LogP contribution in [0.4, 0.5) is 0 Å². The number of likely N-dealkylation sites (tertiary alicyclic amines) is 2. The molecule has 0 saturated carbocycles. The van der Waals surface area contributed by atoms with Crippen LogP contribution in [0.25, 0.3) is 0 Å². The number of piperidine rings is 1. The van der Waals surface area contributed by atoms with E-state index in [2.05, 4.69) is 4.90 Å².